The zero-order valence-electron chi connectivity index (χ0n) is 20.2. The van der Waals surface area contributed by atoms with Crippen LogP contribution in [0.4, 0.5) is 20.6 Å². The average molecular weight is 478 g/mol. The standard InChI is InChI=1S/C27H28FN3O4/c1-5-20-16-30(23-14-17(3)18(4)15-24(23)31(20)27(33)34-6-2)26(32)22-8-7-13-29-25(22)35-21-11-9-19(28)10-12-21/h7-15,20H,5-6,16H2,1-4H3. The molecule has 8 heteroatoms. The van der Waals surface area contributed by atoms with E-state index in [-0.39, 0.29) is 42.4 Å². The van der Waals surface area contributed by atoms with Gasteiger partial charge in [-0.3, -0.25) is 9.69 Å². The second kappa shape index (κ2) is 10.1. The van der Waals surface area contributed by atoms with Crippen LogP contribution in [0.5, 0.6) is 11.6 Å². The predicted octanol–water partition coefficient (Wildman–Crippen LogP) is 6.03. The number of rotatable bonds is 5. The zero-order chi connectivity index (χ0) is 25.1. The Morgan fingerprint density at radius 1 is 1.06 bits per heavy atom. The monoisotopic (exact) mass is 477 g/mol. The fourth-order valence-electron chi connectivity index (χ4n) is 4.12. The number of amides is 2. The number of benzene rings is 2. The topological polar surface area (TPSA) is 72.0 Å². The van der Waals surface area contributed by atoms with Crippen molar-refractivity contribution in [1.29, 1.82) is 0 Å². The van der Waals surface area contributed by atoms with Gasteiger partial charge in [-0.15, -0.1) is 0 Å². The second-order valence-corrected chi connectivity index (χ2v) is 8.38. The van der Waals surface area contributed by atoms with Crippen molar-refractivity contribution in [2.24, 2.45) is 0 Å². The normalized spacial score (nSPS) is 14.9. The van der Waals surface area contributed by atoms with E-state index in [1.165, 1.54) is 30.5 Å². The van der Waals surface area contributed by atoms with Crippen LogP contribution in [0.15, 0.2) is 54.7 Å². The molecule has 0 bridgehead atoms. The number of fused-ring (bicyclic) bond motifs is 1. The van der Waals surface area contributed by atoms with Crippen LogP contribution >= 0.6 is 0 Å². The van der Waals surface area contributed by atoms with E-state index >= 15 is 0 Å². The molecule has 0 saturated carbocycles. The lowest BCUT2D eigenvalue weighted by Gasteiger charge is -2.42. The number of hydrogen-bond acceptors (Lipinski definition) is 5. The van der Waals surface area contributed by atoms with E-state index in [2.05, 4.69) is 4.98 Å². The van der Waals surface area contributed by atoms with Gasteiger partial charge in [0.05, 0.1) is 24.0 Å². The smallest absolute Gasteiger partial charge is 0.414 e. The maximum atomic E-state index is 13.9. The number of aryl methyl sites for hydroxylation is 2. The Labute approximate surface area is 204 Å². The molecule has 2 heterocycles. The Balaban J connectivity index is 1.77. The van der Waals surface area contributed by atoms with Crippen molar-refractivity contribution < 1.29 is 23.5 Å². The van der Waals surface area contributed by atoms with E-state index in [1.54, 1.807) is 28.9 Å². The van der Waals surface area contributed by atoms with Gasteiger partial charge in [-0.2, -0.15) is 0 Å². The molecule has 182 valence electrons. The van der Waals surface area contributed by atoms with Crippen LogP contribution in [0, 0.1) is 19.7 Å². The van der Waals surface area contributed by atoms with Crippen molar-refractivity contribution in [3.05, 3.63) is 77.2 Å². The number of nitrogens with zero attached hydrogens (tertiary/aromatic N) is 3. The summed E-state index contributed by atoms with van der Waals surface area (Å²) in [5.41, 5.74) is 3.51. The number of ether oxygens (including phenoxy) is 2. The molecule has 1 unspecified atom stereocenters. The molecule has 1 atom stereocenters. The van der Waals surface area contributed by atoms with Crippen molar-refractivity contribution in [3.63, 3.8) is 0 Å². The molecule has 0 N–H and O–H groups in total. The summed E-state index contributed by atoms with van der Waals surface area (Å²) in [6, 6.07) is 12.4. The summed E-state index contributed by atoms with van der Waals surface area (Å²) in [5, 5.41) is 0. The van der Waals surface area contributed by atoms with E-state index in [9.17, 15) is 14.0 Å². The number of carbonyl (C=O) groups is 2. The van der Waals surface area contributed by atoms with E-state index in [1.807, 2.05) is 32.9 Å². The summed E-state index contributed by atoms with van der Waals surface area (Å²) >= 11 is 0. The minimum atomic E-state index is -0.433. The summed E-state index contributed by atoms with van der Waals surface area (Å²) in [4.78, 5) is 34.4. The molecule has 0 radical (unpaired) electrons. The lowest BCUT2D eigenvalue weighted by Crippen LogP contribution is -2.53. The van der Waals surface area contributed by atoms with Crippen molar-refractivity contribution in [2.45, 2.75) is 40.2 Å². The van der Waals surface area contributed by atoms with Gasteiger partial charge in [0.15, 0.2) is 0 Å². The van der Waals surface area contributed by atoms with Crippen LogP contribution in [0.25, 0.3) is 0 Å². The van der Waals surface area contributed by atoms with Gasteiger partial charge in [-0.1, -0.05) is 6.92 Å². The third-order valence-electron chi connectivity index (χ3n) is 6.11. The van der Waals surface area contributed by atoms with Crippen LogP contribution in [0.1, 0.15) is 41.8 Å². The molecule has 35 heavy (non-hydrogen) atoms. The van der Waals surface area contributed by atoms with Crippen molar-refractivity contribution >= 4 is 23.4 Å². The van der Waals surface area contributed by atoms with Crippen LogP contribution in [-0.2, 0) is 4.74 Å². The third kappa shape index (κ3) is 4.82. The highest BCUT2D eigenvalue weighted by atomic mass is 19.1. The Kier molecular flexibility index (Phi) is 7.00. The maximum absolute atomic E-state index is 13.9. The molecular weight excluding hydrogens is 449 g/mol. The predicted molar refractivity (Wildman–Crippen MR) is 132 cm³/mol. The first-order valence-corrected chi connectivity index (χ1v) is 11.6. The van der Waals surface area contributed by atoms with Crippen molar-refractivity contribution in [2.75, 3.05) is 23.0 Å². The van der Waals surface area contributed by atoms with Gasteiger partial charge in [0.25, 0.3) is 5.91 Å². The summed E-state index contributed by atoms with van der Waals surface area (Å²) in [6.07, 6.45) is 1.73. The summed E-state index contributed by atoms with van der Waals surface area (Å²) in [7, 11) is 0. The van der Waals surface area contributed by atoms with Crippen molar-refractivity contribution in [3.8, 4) is 11.6 Å². The van der Waals surface area contributed by atoms with E-state index in [0.717, 1.165) is 11.1 Å². The molecule has 0 spiro atoms. The fourth-order valence-corrected chi connectivity index (χ4v) is 4.12. The van der Waals surface area contributed by atoms with Gasteiger partial charge in [0.2, 0.25) is 5.88 Å². The SMILES string of the molecule is CCOC(=O)N1c2cc(C)c(C)cc2N(C(=O)c2cccnc2Oc2ccc(F)cc2)CC1CC. The van der Waals surface area contributed by atoms with Gasteiger partial charge in [0.1, 0.15) is 17.1 Å². The molecule has 0 fully saturated rings. The number of hydrogen-bond donors (Lipinski definition) is 0. The minimum absolute atomic E-state index is 0.121. The zero-order valence-corrected chi connectivity index (χ0v) is 20.2. The summed E-state index contributed by atoms with van der Waals surface area (Å²) < 4.78 is 24.5. The Morgan fingerprint density at radius 2 is 1.74 bits per heavy atom. The molecular formula is C27H28FN3O4. The fraction of sp³-hybridized carbons (Fsp3) is 0.296. The summed E-state index contributed by atoms with van der Waals surface area (Å²) in [5.74, 6) is -0.205. The highest BCUT2D eigenvalue weighted by molar-refractivity contribution is 6.11. The molecule has 3 aromatic rings. The molecule has 0 saturated heterocycles. The van der Waals surface area contributed by atoms with Crippen LogP contribution in [-0.4, -0.2) is 36.2 Å². The van der Waals surface area contributed by atoms with Gasteiger partial charge in [-0.25, -0.2) is 14.2 Å². The molecule has 0 aliphatic carbocycles. The number of anilines is 2. The van der Waals surface area contributed by atoms with Crippen molar-refractivity contribution in [1.82, 2.24) is 4.98 Å². The molecule has 7 nitrogen and oxygen atoms in total. The average Bonchev–Trinajstić information content (AvgIpc) is 2.85. The Bertz CT molecular complexity index is 1250. The lowest BCUT2D eigenvalue weighted by atomic mass is 9.99. The van der Waals surface area contributed by atoms with E-state index < -0.39 is 6.09 Å². The first-order valence-electron chi connectivity index (χ1n) is 11.6. The Morgan fingerprint density at radius 3 is 2.40 bits per heavy atom. The second-order valence-electron chi connectivity index (χ2n) is 8.38. The molecule has 4 rings (SSSR count). The van der Waals surface area contributed by atoms with E-state index in [0.29, 0.717) is 23.5 Å². The molecule has 1 aliphatic heterocycles. The minimum Gasteiger partial charge on any atom is -0.449 e. The lowest BCUT2D eigenvalue weighted by molar-refractivity contribution is 0.0978. The van der Waals surface area contributed by atoms with Gasteiger partial charge < -0.3 is 14.4 Å². The van der Waals surface area contributed by atoms with Crippen LogP contribution in [0.3, 0.4) is 0 Å². The largest absolute Gasteiger partial charge is 0.449 e. The number of halogens is 1. The number of carbonyl (C=O) groups excluding carboxylic acids is 2. The number of aromatic nitrogens is 1. The maximum Gasteiger partial charge on any atom is 0.414 e. The van der Waals surface area contributed by atoms with E-state index in [4.69, 9.17) is 9.47 Å². The van der Waals surface area contributed by atoms with Gasteiger partial charge in [0, 0.05) is 12.7 Å². The number of pyridine rings is 1. The molecule has 2 aromatic carbocycles. The molecule has 2 amide bonds. The highest BCUT2D eigenvalue weighted by Crippen LogP contribution is 2.40. The third-order valence-corrected chi connectivity index (χ3v) is 6.11. The highest BCUT2D eigenvalue weighted by Gasteiger charge is 2.38. The van der Waals surface area contributed by atoms with Crippen LogP contribution in [0.2, 0.25) is 0 Å². The summed E-state index contributed by atoms with van der Waals surface area (Å²) in [6.45, 7) is 8.22. The quantitative estimate of drug-likeness (QED) is 0.449. The first kappa shape index (κ1) is 24.2. The molecule has 1 aliphatic rings. The van der Waals surface area contributed by atoms with Crippen LogP contribution < -0.4 is 14.5 Å². The van der Waals surface area contributed by atoms with Gasteiger partial charge >= 0.3 is 6.09 Å². The first-order chi connectivity index (χ1) is 16.8. The molecule has 1 aromatic heterocycles. The van der Waals surface area contributed by atoms with Gasteiger partial charge in [-0.05, 0) is 86.8 Å². The Hall–Kier alpha value is -3.94.